The van der Waals surface area contributed by atoms with Crippen LogP contribution < -0.4 is 0 Å². The number of aryl methyl sites for hydroxylation is 1. The van der Waals surface area contributed by atoms with Crippen LogP contribution in [-0.2, 0) is 0 Å². The van der Waals surface area contributed by atoms with E-state index in [0.717, 1.165) is 128 Å². The Bertz CT molecular complexity index is 5150. The summed E-state index contributed by atoms with van der Waals surface area (Å²) in [5, 5.41) is 4.34. The molecule has 0 fully saturated rings. The quantitative estimate of drug-likeness (QED) is 0.127. The summed E-state index contributed by atoms with van der Waals surface area (Å²) in [4.78, 5) is 38.4. The van der Waals surface area contributed by atoms with Crippen molar-refractivity contribution in [3.63, 3.8) is 0 Å². The van der Waals surface area contributed by atoms with Gasteiger partial charge in [-0.05, 0) is 78.7 Å². The molecule has 0 aliphatic carbocycles. The molecule has 0 radical (unpaired) electrons. The van der Waals surface area contributed by atoms with Crippen LogP contribution >= 0.6 is 0 Å². The van der Waals surface area contributed by atoms with E-state index in [-0.39, 0.29) is 0 Å². The van der Waals surface area contributed by atoms with E-state index in [9.17, 15) is 0 Å². The van der Waals surface area contributed by atoms with E-state index in [1.807, 2.05) is 103 Å². The lowest BCUT2D eigenvalue weighted by atomic mass is 10.0. The first-order valence-electron chi connectivity index (χ1n) is 29.1. The number of para-hydroxylation sites is 1. The highest BCUT2D eigenvalue weighted by Crippen LogP contribution is 2.47. The first kappa shape index (κ1) is 50.9. The van der Waals surface area contributed by atoms with Crippen molar-refractivity contribution >= 4 is 43.6 Å². The second kappa shape index (κ2) is 21.4. The molecule has 0 aliphatic heterocycles. The van der Waals surface area contributed by atoms with Crippen molar-refractivity contribution in [3.05, 3.63) is 297 Å². The third kappa shape index (κ3) is 9.18. The van der Waals surface area contributed by atoms with E-state index in [0.29, 0.717) is 34.9 Å². The predicted octanol–water partition coefficient (Wildman–Crippen LogP) is 19.0. The van der Waals surface area contributed by atoms with Crippen molar-refractivity contribution in [3.8, 4) is 113 Å². The van der Waals surface area contributed by atoms with Crippen molar-refractivity contribution in [1.29, 1.82) is 0 Å². The number of hydrogen-bond donors (Lipinski definition) is 0. The van der Waals surface area contributed by atoms with Crippen LogP contribution in [0.5, 0.6) is 0 Å². The highest BCUT2D eigenvalue weighted by molar-refractivity contribution is 6.14. The van der Waals surface area contributed by atoms with Gasteiger partial charge in [0.1, 0.15) is 0 Å². The van der Waals surface area contributed by atoms with Gasteiger partial charge in [0.2, 0.25) is 0 Å². The van der Waals surface area contributed by atoms with Gasteiger partial charge in [0, 0.05) is 60.5 Å². The zero-order valence-corrected chi connectivity index (χ0v) is 47.2. The number of benzene rings is 11. The lowest BCUT2D eigenvalue weighted by Crippen LogP contribution is -2.10. The topological polar surface area (TPSA) is 100 Å². The normalized spacial score (nSPS) is 11.5. The minimum atomic E-state index is 0.456. The highest BCUT2D eigenvalue weighted by atomic mass is 15.1. The minimum absolute atomic E-state index is 0.456. The Hall–Kier alpha value is -11.8. The van der Waals surface area contributed by atoms with E-state index >= 15 is 0 Å². The first-order valence-corrected chi connectivity index (χ1v) is 29.1. The van der Waals surface area contributed by atoms with Crippen LogP contribution in [0.1, 0.15) is 5.56 Å². The van der Waals surface area contributed by atoms with Gasteiger partial charge in [0.15, 0.2) is 34.9 Å². The van der Waals surface area contributed by atoms with Crippen LogP contribution in [0.2, 0.25) is 0 Å². The maximum Gasteiger partial charge on any atom is 0.168 e. The van der Waals surface area contributed by atoms with Crippen LogP contribution in [0.3, 0.4) is 0 Å². The summed E-state index contributed by atoms with van der Waals surface area (Å²) in [5.41, 5.74) is 17.5. The van der Waals surface area contributed by atoms with E-state index in [2.05, 4.69) is 204 Å². The smallest absolute Gasteiger partial charge is 0.168 e. The Morgan fingerprint density at radius 2 is 0.678 bits per heavy atom. The van der Waals surface area contributed by atoms with E-state index in [1.165, 1.54) is 0 Å². The Labute approximate surface area is 502 Å². The molecule has 0 atom stereocenters. The van der Waals surface area contributed by atoms with Crippen molar-refractivity contribution < 1.29 is 0 Å². The van der Waals surface area contributed by atoms with Gasteiger partial charge < -0.3 is 9.13 Å². The third-order valence-electron chi connectivity index (χ3n) is 16.3. The van der Waals surface area contributed by atoms with Gasteiger partial charge in [-0.2, -0.15) is 0 Å². The molecular weight excluding hydrogens is 1060 g/mol. The molecule has 5 aromatic heterocycles. The molecule has 0 saturated carbocycles. The maximum absolute atomic E-state index is 5.69. The molecule has 16 rings (SSSR count). The third-order valence-corrected chi connectivity index (χ3v) is 16.3. The molecule has 87 heavy (non-hydrogen) atoms. The molecule has 0 bridgehead atoms. The zero-order chi connectivity index (χ0) is 57.8. The molecule has 0 amide bonds. The summed E-state index contributed by atoms with van der Waals surface area (Å²) in [6, 6.07) is 101. The van der Waals surface area contributed by atoms with Crippen molar-refractivity contribution in [1.82, 2.24) is 44.0 Å². The summed E-state index contributed by atoms with van der Waals surface area (Å²) in [6.45, 7) is 2.15. The summed E-state index contributed by atoms with van der Waals surface area (Å²) < 4.78 is 4.78. The van der Waals surface area contributed by atoms with Crippen LogP contribution in [0.25, 0.3) is 157 Å². The van der Waals surface area contributed by atoms with E-state index in [4.69, 9.17) is 34.9 Å². The second-order valence-electron chi connectivity index (χ2n) is 21.7. The molecule has 9 nitrogen and oxygen atoms in total. The predicted molar refractivity (Wildman–Crippen MR) is 353 cm³/mol. The average Bonchev–Trinajstić information content (AvgIpc) is 1.82. The van der Waals surface area contributed by atoms with Gasteiger partial charge in [-0.1, -0.05) is 236 Å². The largest absolute Gasteiger partial charge is 0.308 e. The van der Waals surface area contributed by atoms with Crippen molar-refractivity contribution in [2.75, 3.05) is 0 Å². The van der Waals surface area contributed by atoms with Crippen LogP contribution in [0.4, 0.5) is 0 Å². The zero-order valence-electron chi connectivity index (χ0n) is 47.2. The summed E-state index contributed by atoms with van der Waals surface area (Å²) in [6.07, 6.45) is 0. The Morgan fingerprint density at radius 3 is 1.26 bits per heavy atom. The van der Waals surface area contributed by atoms with Crippen LogP contribution in [0, 0.1) is 6.92 Å². The standard InChI is InChI=1S/C78H51N9/c1-50-39-44-67-62(47-50)59-35-20-21-38-66(59)86(67)69-46-43-61(77-82-73(53-27-12-4-13-28-53)80-74(83-77)54-29-14-5-15-30-54)72(71(69)78-84-75(55-31-16-6-17-32-55)81-76(85-78)56-33-18-7-19-34-56)87-68-45-41-57(51-23-8-2-9-24-51)48-63(68)60-42-40-58(49-70(60)87)65-37-22-36-64(79-65)52-25-10-3-11-26-52/h2-49H,1H3. The van der Waals surface area contributed by atoms with Crippen LogP contribution in [0.15, 0.2) is 291 Å². The Kier molecular flexibility index (Phi) is 12.5. The van der Waals surface area contributed by atoms with E-state index in [1.54, 1.807) is 0 Å². The Morgan fingerprint density at radius 1 is 0.241 bits per heavy atom. The fourth-order valence-electron chi connectivity index (χ4n) is 12.2. The highest BCUT2D eigenvalue weighted by Gasteiger charge is 2.30. The monoisotopic (exact) mass is 1110 g/mol. The second-order valence-corrected chi connectivity index (χ2v) is 21.7. The lowest BCUT2D eigenvalue weighted by molar-refractivity contribution is 1.04. The number of pyridine rings is 1. The molecule has 11 aromatic carbocycles. The molecule has 0 unspecified atom stereocenters. The molecule has 16 aromatic rings. The number of nitrogens with zero attached hydrogens (tertiary/aromatic N) is 9. The van der Waals surface area contributed by atoms with Gasteiger partial charge in [-0.25, -0.2) is 34.9 Å². The molecule has 9 heteroatoms. The van der Waals surface area contributed by atoms with Crippen LogP contribution in [-0.4, -0.2) is 44.0 Å². The average molecular weight is 1110 g/mol. The number of hydrogen-bond acceptors (Lipinski definition) is 7. The summed E-state index contributed by atoms with van der Waals surface area (Å²) in [5.74, 6) is 3.05. The number of fused-ring (bicyclic) bond motifs is 6. The molecule has 408 valence electrons. The number of rotatable bonds is 11. The fourth-order valence-corrected chi connectivity index (χ4v) is 12.2. The van der Waals surface area contributed by atoms with Gasteiger partial charge in [0.05, 0.1) is 50.4 Å². The SMILES string of the molecule is Cc1ccc2c(c1)c1ccccc1n2-c1ccc(-c2nc(-c3ccccc3)nc(-c3ccccc3)n2)c(-n2c3ccc(-c4ccccc4)cc3c3ccc(-c4cccc(-c5ccccc5)n4)cc32)c1-c1nc(-c2ccccc2)nc(-c2ccccc2)n1. The molecular formula is C78H51N9. The Balaban J connectivity index is 1.11. The van der Waals surface area contributed by atoms with Crippen molar-refractivity contribution in [2.24, 2.45) is 0 Å². The minimum Gasteiger partial charge on any atom is -0.308 e. The molecule has 0 N–H and O–H groups in total. The maximum atomic E-state index is 5.69. The molecule has 0 aliphatic rings. The van der Waals surface area contributed by atoms with Gasteiger partial charge in [-0.15, -0.1) is 0 Å². The molecule has 5 heterocycles. The van der Waals surface area contributed by atoms with E-state index < -0.39 is 0 Å². The van der Waals surface area contributed by atoms with Gasteiger partial charge >= 0.3 is 0 Å². The van der Waals surface area contributed by atoms with Crippen molar-refractivity contribution in [2.45, 2.75) is 6.92 Å². The first-order chi connectivity index (χ1) is 43.0. The lowest BCUT2D eigenvalue weighted by Gasteiger charge is -2.23. The number of aromatic nitrogens is 9. The fraction of sp³-hybridized carbons (Fsp3) is 0.0128. The summed E-state index contributed by atoms with van der Waals surface area (Å²) >= 11 is 0. The van der Waals surface area contributed by atoms with Gasteiger partial charge in [0.25, 0.3) is 0 Å². The summed E-state index contributed by atoms with van der Waals surface area (Å²) in [7, 11) is 0. The molecule has 0 spiro atoms. The molecule has 0 saturated heterocycles. The van der Waals surface area contributed by atoms with Gasteiger partial charge in [-0.3, -0.25) is 0 Å².